The topological polar surface area (TPSA) is 83.1 Å². The van der Waals surface area contributed by atoms with Crippen LogP contribution in [0.2, 0.25) is 0 Å². The second kappa shape index (κ2) is 4.62. The smallest absolute Gasteiger partial charge is 0.122 e. The number of hydrogen-bond donors (Lipinski definition) is 2. The molecule has 6 nitrogen and oxygen atoms in total. The van der Waals surface area contributed by atoms with E-state index in [2.05, 4.69) is 25.6 Å². The van der Waals surface area contributed by atoms with Gasteiger partial charge in [0.2, 0.25) is 0 Å². The summed E-state index contributed by atoms with van der Waals surface area (Å²) >= 11 is 0. The Morgan fingerprint density at radius 3 is 2.65 bits per heavy atom. The number of H-pyrrole nitrogens is 2. The van der Waals surface area contributed by atoms with Crippen molar-refractivity contribution >= 4 is 21.9 Å². The van der Waals surface area contributed by atoms with Gasteiger partial charge in [0.1, 0.15) is 11.0 Å². The number of pyridine rings is 1. The molecule has 23 heavy (non-hydrogen) atoms. The second-order valence-corrected chi connectivity index (χ2v) is 6.18. The van der Waals surface area contributed by atoms with E-state index in [0.29, 0.717) is 0 Å². The van der Waals surface area contributed by atoms with Crippen molar-refractivity contribution in [2.45, 2.75) is 32.6 Å². The zero-order valence-electron chi connectivity index (χ0n) is 12.8. The van der Waals surface area contributed by atoms with Gasteiger partial charge in [0.15, 0.2) is 0 Å². The molecule has 1 aliphatic rings. The van der Waals surface area contributed by atoms with Gasteiger partial charge in [-0.1, -0.05) is 0 Å². The molecule has 5 rings (SSSR count). The van der Waals surface area contributed by atoms with Gasteiger partial charge in [-0.25, -0.2) is 4.98 Å². The lowest BCUT2D eigenvalue weighted by atomic mass is 9.86. The molecule has 114 valence electrons. The Morgan fingerprint density at radius 1 is 1.00 bits per heavy atom. The zero-order valence-corrected chi connectivity index (χ0v) is 12.8. The number of hydrogen-bond acceptors (Lipinski definition) is 4. The van der Waals surface area contributed by atoms with Gasteiger partial charge in [0.25, 0.3) is 0 Å². The van der Waals surface area contributed by atoms with E-state index in [9.17, 15) is 0 Å². The van der Waals surface area contributed by atoms with Crippen molar-refractivity contribution < 1.29 is 0 Å². The highest BCUT2D eigenvalue weighted by molar-refractivity contribution is 6.05. The van der Waals surface area contributed by atoms with E-state index in [1.54, 1.807) is 0 Å². The number of aromatic nitrogens is 6. The summed E-state index contributed by atoms with van der Waals surface area (Å²) in [4.78, 5) is 4.98. The van der Waals surface area contributed by atoms with E-state index in [0.717, 1.165) is 51.7 Å². The molecule has 2 N–H and O–H groups in total. The molecule has 0 aliphatic heterocycles. The van der Waals surface area contributed by atoms with E-state index in [-0.39, 0.29) is 0 Å². The summed E-state index contributed by atoms with van der Waals surface area (Å²) in [7, 11) is 0. The Balaban J connectivity index is 1.94. The van der Waals surface area contributed by atoms with Gasteiger partial charge in [0, 0.05) is 16.6 Å². The summed E-state index contributed by atoms with van der Waals surface area (Å²) in [5.41, 5.74) is 8.80. The molecule has 0 amide bonds. The second-order valence-electron chi connectivity index (χ2n) is 6.18. The van der Waals surface area contributed by atoms with Crippen molar-refractivity contribution in [2.24, 2.45) is 0 Å². The Bertz CT molecular complexity index is 1040. The Hall–Kier alpha value is -2.76. The summed E-state index contributed by atoms with van der Waals surface area (Å²) in [6.07, 6.45) is 6.44. The van der Waals surface area contributed by atoms with Crippen LogP contribution in [-0.2, 0) is 12.8 Å². The third kappa shape index (κ3) is 1.75. The molecule has 0 fully saturated rings. The van der Waals surface area contributed by atoms with E-state index in [1.807, 2.05) is 25.3 Å². The van der Waals surface area contributed by atoms with Crippen molar-refractivity contribution in [1.82, 2.24) is 30.6 Å². The minimum Gasteiger partial charge on any atom is -0.282 e. The number of nitrogens with zero attached hydrogens (tertiary/aromatic N) is 4. The van der Waals surface area contributed by atoms with Gasteiger partial charge in [-0.3, -0.25) is 5.10 Å². The third-order valence-corrected chi connectivity index (χ3v) is 4.84. The number of aryl methyl sites for hydroxylation is 2. The molecule has 1 aromatic carbocycles. The van der Waals surface area contributed by atoms with Crippen LogP contribution in [0, 0.1) is 6.92 Å². The maximum atomic E-state index is 4.98. The van der Waals surface area contributed by atoms with Crippen LogP contribution < -0.4 is 0 Å². The van der Waals surface area contributed by atoms with Crippen molar-refractivity contribution in [3.63, 3.8) is 0 Å². The van der Waals surface area contributed by atoms with Crippen LogP contribution in [-0.4, -0.2) is 30.6 Å². The molecule has 6 heteroatoms. The van der Waals surface area contributed by atoms with Crippen LogP contribution in [0.5, 0.6) is 0 Å². The van der Waals surface area contributed by atoms with Gasteiger partial charge in [-0.05, 0) is 55.9 Å². The van der Waals surface area contributed by atoms with Crippen molar-refractivity contribution in [1.29, 1.82) is 0 Å². The maximum absolute atomic E-state index is 4.98. The van der Waals surface area contributed by atoms with Crippen LogP contribution in [0.3, 0.4) is 0 Å². The summed E-state index contributed by atoms with van der Waals surface area (Å²) in [6.45, 7) is 2.05. The summed E-state index contributed by atoms with van der Waals surface area (Å²) in [6, 6.07) is 4.03. The molecule has 0 saturated carbocycles. The largest absolute Gasteiger partial charge is 0.282 e. The Kier molecular flexibility index (Phi) is 2.56. The minimum absolute atomic E-state index is 0.902. The predicted molar refractivity (Wildman–Crippen MR) is 88.2 cm³/mol. The first-order chi connectivity index (χ1) is 11.3. The molecule has 0 atom stereocenters. The van der Waals surface area contributed by atoms with E-state index >= 15 is 0 Å². The van der Waals surface area contributed by atoms with E-state index < -0.39 is 0 Å². The Labute approximate surface area is 132 Å². The van der Waals surface area contributed by atoms with Crippen LogP contribution in [0.4, 0.5) is 0 Å². The number of fused-ring (bicyclic) bond motifs is 5. The fourth-order valence-electron chi connectivity index (χ4n) is 3.74. The van der Waals surface area contributed by atoms with Gasteiger partial charge >= 0.3 is 0 Å². The number of nitrogens with one attached hydrogen (secondary N) is 2. The van der Waals surface area contributed by atoms with E-state index in [1.165, 1.54) is 24.0 Å². The lowest BCUT2D eigenvalue weighted by Crippen LogP contribution is -2.08. The lowest BCUT2D eigenvalue weighted by Gasteiger charge is -2.21. The van der Waals surface area contributed by atoms with E-state index in [4.69, 9.17) is 4.98 Å². The predicted octanol–water partition coefficient (Wildman–Crippen LogP) is 3.08. The quantitative estimate of drug-likeness (QED) is 0.566. The van der Waals surface area contributed by atoms with Crippen LogP contribution in [0.25, 0.3) is 33.2 Å². The minimum atomic E-state index is 0.902. The first-order valence-corrected chi connectivity index (χ1v) is 7.98. The average Bonchev–Trinajstić information content (AvgIpc) is 3.22. The highest BCUT2D eigenvalue weighted by Crippen LogP contribution is 2.37. The van der Waals surface area contributed by atoms with Gasteiger partial charge in [0.05, 0.1) is 17.4 Å². The fraction of sp³-hybridized carbons (Fsp3) is 0.294. The van der Waals surface area contributed by atoms with Crippen molar-refractivity contribution in [3.8, 4) is 11.3 Å². The molecule has 0 saturated heterocycles. The summed E-state index contributed by atoms with van der Waals surface area (Å²) < 4.78 is 0. The molecule has 3 aromatic heterocycles. The SMILES string of the molecule is Cc1[nH]ncc1-c1nc2ccc3n[nH]nc3c2c2c1CCCC2. The summed E-state index contributed by atoms with van der Waals surface area (Å²) in [5, 5.41) is 19.7. The monoisotopic (exact) mass is 304 g/mol. The van der Waals surface area contributed by atoms with Crippen molar-refractivity contribution in [2.75, 3.05) is 0 Å². The first-order valence-electron chi connectivity index (χ1n) is 7.98. The number of benzene rings is 1. The number of rotatable bonds is 1. The van der Waals surface area contributed by atoms with Crippen LogP contribution >= 0.6 is 0 Å². The highest BCUT2D eigenvalue weighted by atomic mass is 15.3. The number of aromatic amines is 2. The normalized spacial score (nSPS) is 14.5. The fourth-order valence-corrected chi connectivity index (χ4v) is 3.74. The standard InChI is InChI=1S/C17H16N6/c1-9-12(8-18-20-9)16-11-5-3-2-4-10(11)15-13(19-16)6-7-14-17(15)22-23-21-14/h6-8H,2-5H2,1H3,(H,18,20)(H,21,22,23). The molecule has 0 bridgehead atoms. The molecule has 1 aliphatic carbocycles. The molecule has 4 aromatic rings. The third-order valence-electron chi connectivity index (χ3n) is 4.84. The Morgan fingerprint density at radius 2 is 1.83 bits per heavy atom. The summed E-state index contributed by atoms with van der Waals surface area (Å²) in [5.74, 6) is 0. The van der Waals surface area contributed by atoms with Gasteiger partial charge in [-0.15, -0.1) is 0 Å². The molecular weight excluding hydrogens is 288 g/mol. The lowest BCUT2D eigenvalue weighted by molar-refractivity contribution is 0.689. The van der Waals surface area contributed by atoms with Gasteiger partial charge in [-0.2, -0.15) is 20.5 Å². The van der Waals surface area contributed by atoms with Gasteiger partial charge < -0.3 is 0 Å². The highest BCUT2D eigenvalue weighted by Gasteiger charge is 2.22. The van der Waals surface area contributed by atoms with Crippen molar-refractivity contribution in [3.05, 3.63) is 35.2 Å². The average molecular weight is 304 g/mol. The molecule has 0 unspecified atom stereocenters. The van der Waals surface area contributed by atoms with Crippen LogP contribution in [0.15, 0.2) is 18.3 Å². The molecule has 0 radical (unpaired) electrons. The molecular formula is C17H16N6. The first kappa shape index (κ1) is 12.8. The molecule has 3 heterocycles. The maximum Gasteiger partial charge on any atom is 0.122 e. The molecule has 0 spiro atoms. The van der Waals surface area contributed by atoms with Crippen LogP contribution in [0.1, 0.15) is 29.7 Å². The zero-order chi connectivity index (χ0) is 15.4.